The number of amides is 2. The third-order valence-corrected chi connectivity index (χ3v) is 4.39. The number of carbonyl (C=O) groups is 2. The maximum absolute atomic E-state index is 13.2. The number of halogens is 1. The molecule has 0 fully saturated rings. The number of fused-ring (bicyclic) bond motifs is 1. The van der Waals surface area contributed by atoms with Gasteiger partial charge in [0, 0.05) is 28.7 Å². The Morgan fingerprint density at radius 2 is 1.53 bits per heavy atom. The lowest BCUT2D eigenvalue weighted by Crippen LogP contribution is -2.19. The molecule has 0 unspecified atom stereocenters. The van der Waals surface area contributed by atoms with Gasteiger partial charge in [0.2, 0.25) is 0 Å². The molecule has 4 aromatic rings. The van der Waals surface area contributed by atoms with E-state index in [1.807, 2.05) is 6.92 Å². The zero-order valence-electron chi connectivity index (χ0n) is 16.0. The molecule has 7 heteroatoms. The maximum Gasteiger partial charge on any atom is 0.323 e. The molecule has 0 saturated heterocycles. The van der Waals surface area contributed by atoms with Crippen molar-refractivity contribution in [1.29, 1.82) is 0 Å². The smallest absolute Gasteiger partial charge is 0.308 e. The lowest BCUT2D eigenvalue weighted by atomic mass is 10.0. The molecular weight excluding hydrogens is 383 g/mol. The molecule has 0 radical (unpaired) electrons. The summed E-state index contributed by atoms with van der Waals surface area (Å²) in [5.74, 6) is -0.648. The molecule has 4 rings (SSSR count). The van der Waals surface area contributed by atoms with Crippen LogP contribution < -0.4 is 10.6 Å². The van der Waals surface area contributed by atoms with Gasteiger partial charge >= 0.3 is 6.03 Å². The Kier molecular flexibility index (Phi) is 5.17. The third-order valence-electron chi connectivity index (χ3n) is 4.39. The SMILES string of the molecule is Cc1cnc2ccc(C(=O)c3cccc(NC(=O)Nc4cccc(F)c4)c3)cc2n1. The topological polar surface area (TPSA) is 84.0 Å². The van der Waals surface area contributed by atoms with Crippen LogP contribution in [-0.2, 0) is 0 Å². The van der Waals surface area contributed by atoms with E-state index in [-0.39, 0.29) is 5.78 Å². The van der Waals surface area contributed by atoms with Crippen molar-refractivity contribution in [2.45, 2.75) is 6.92 Å². The number of aryl methyl sites for hydroxylation is 1. The predicted molar refractivity (Wildman–Crippen MR) is 113 cm³/mol. The Balaban J connectivity index is 1.52. The Morgan fingerprint density at radius 1 is 0.833 bits per heavy atom. The molecule has 0 spiro atoms. The molecule has 2 amide bonds. The van der Waals surface area contributed by atoms with E-state index in [2.05, 4.69) is 20.6 Å². The van der Waals surface area contributed by atoms with Gasteiger partial charge in [0.1, 0.15) is 5.82 Å². The predicted octanol–water partition coefficient (Wildman–Crippen LogP) is 4.95. The summed E-state index contributed by atoms with van der Waals surface area (Å²) in [4.78, 5) is 33.8. The van der Waals surface area contributed by atoms with Gasteiger partial charge in [-0.05, 0) is 55.5 Å². The number of benzene rings is 3. The summed E-state index contributed by atoms with van der Waals surface area (Å²) in [6.45, 7) is 1.84. The van der Waals surface area contributed by atoms with Crippen molar-refractivity contribution < 1.29 is 14.0 Å². The Bertz CT molecular complexity index is 1270. The minimum absolute atomic E-state index is 0.200. The second kappa shape index (κ2) is 8.08. The van der Waals surface area contributed by atoms with E-state index in [9.17, 15) is 14.0 Å². The standard InChI is InChI=1S/C23H17FN4O2/c1-14-13-25-20-9-8-16(11-21(20)26-14)22(29)15-4-2-6-18(10-15)27-23(30)28-19-7-3-5-17(24)12-19/h2-13H,1H3,(H2,27,28,30). The van der Waals surface area contributed by atoms with Gasteiger partial charge < -0.3 is 10.6 Å². The Morgan fingerprint density at radius 3 is 2.30 bits per heavy atom. The molecule has 0 aliphatic carbocycles. The molecular formula is C23H17FN4O2. The lowest BCUT2D eigenvalue weighted by Gasteiger charge is -2.09. The first-order valence-electron chi connectivity index (χ1n) is 9.20. The van der Waals surface area contributed by atoms with Crippen LogP contribution in [0.15, 0.2) is 72.9 Å². The fraction of sp³-hybridized carbons (Fsp3) is 0.0435. The highest BCUT2D eigenvalue weighted by Crippen LogP contribution is 2.19. The van der Waals surface area contributed by atoms with Gasteiger partial charge in [0.15, 0.2) is 5.78 Å². The van der Waals surface area contributed by atoms with Gasteiger partial charge in [0.25, 0.3) is 0 Å². The fourth-order valence-corrected chi connectivity index (χ4v) is 3.01. The molecule has 0 bridgehead atoms. The summed E-state index contributed by atoms with van der Waals surface area (Å²) < 4.78 is 13.2. The largest absolute Gasteiger partial charge is 0.323 e. The molecule has 0 saturated carbocycles. The summed E-state index contributed by atoms with van der Waals surface area (Å²) in [6, 6.07) is 16.8. The maximum atomic E-state index is 13.2. The number of nitrogens with one attached hydrogen (secondary N) is 2. The van der Waals surface area contributed by atoms with Crippen LogP contribution in [0.4, 0.5) is 20.6 Å². The van der Waals surface area contributed by atoms with Crippen LogP contribution in [0.3, 0.4) is 0 Å². The second-order valence-corrected chi connectivity index (χ2v) is 6.71. The summed E-state index contributed by atoms with van der Waals surface area (Å²) in [5.41, 5.74) is 3.77. The van der Waals surface area contributed by atoms with Crippen molar-refractivity contribution in [3.63, 3.8) is 0 Å². The van der Waals surface area contributed by atoms with Crippen molar-refractivity contribution in [3.8, 4) is 0 Å². The number of hydrogen-bond acceptors (Lipinski definition) is 4. The van der Waals surface area contributed by atoms with Crippen LogP contribution in [0.2, 0.25) is 0 Å². The first kappa shape index (κ1) is 19.2. The minimum Gasteiger partial charge on any atom is -0.308 e. The van der Waals surface area contributed by atoms with Crippen molar-refractivity contribution in [2.75, 3.05) is 10.6 Å². The number of rotatable bonds is 4. The highest BCUT2D eigenvalue weighted by Gasteiger charge is 2.12. The van der Waals surface area contributed by atoms with Gasteiger partial charge in [-0.2, -0.15) is 0 Å². The lowest BCUT2D eigenvalue weighted by molar-refractivity contribution is 0.103. The van der Waals surface area contributed by atoms with Crippen LogP contribution in [0.5, 0.6) is 0 Å². The van der Waals surface area contributed by atoms with Crippen LogP contribution in [-0.4, -0.2) is 21.8 Å². The molecule has 1 heterocycles. The van der Waals surface area contributed by atoms with E-state index >= 15 is 0 Å². The van der Waals surface area contributed by atoms with Crippen LogP contribution in [0, 0.1) is 12.7 Å². The van der Waals surface area contributed by atoms with Crippen LogP contribution in [0.25, 0.3) is 11.0 Å². The second-order valence-electron chi connectivity index (χ2n) is 6.71. The summed E-state index contributed by atoms with van der Waals surface area (Å²) >= 11 is 0. The number of urea groups is 1. The highest BCUT2D eigenvalue weighted by atomic mass is 19.1. The number of hydrogen-bond donors (Lipinski definition) is 2. The van der Waals surface area contributed by atoms with Gasteiger partial charge in [-0.25, -0.2) is 14.2 Å². The summed E-state index contributed by atoms with van der Waals surface area (Å²) in [5, 5.41) is 5.19. The third kappa shape index (κ3) is 4.30. The number of ketones is 1. The quantitative estimate of drug-likeness (QED) is 0.475. The van der Waals surface area contributed by atoms with Crippen molar-refractivity contribution in [2.24, 2.45) is 0 Å². The van der Waals surface area contributed by atoms with E-state index in [1.54, 1.807) is 54.7 Å². The molecule has 2 N–H and O–H groups in total. The molecule has 30 heavy (non-hydrogen) atoms. The Labute approximate surface area is 171 Å². The first-order valence-corrected chi connectivity index (χ1v) is 9.20. The van der Waals surface area contributed by atoms with E-state index in [1.165, 1.54) is 18.2 Å². The van der Waals surface area contributed by atoms with E-state index in [0.717, 1.165) is 5.69 Å². The highest BCUT2D eigenvalue weighted by molar-refractivity contribution is 6.11. The molecule has 6 nitrogen and oxygen atoms in total. The average molecular weight is 400 g/mol. The van der Waals surface area contributed by atoms with Crippen LogP contribution in [0.1, 0.15) is 21.6 Å². The van der Waals surface area contributed by atoms with E-state index in [4.69, 9.17) is 0 Å². The zero-order valence-corrected chi connectivity index (χ0v) is 16.0. The monoisotopic (exact) mass is 400 g/mol. The molecule has 3 aromatic carbocycles. The fourth-order valence-electron chi connectivity index (χ4n) is 3.01. The summed E-state index contributed by atoms with van der Waals surface area (Å²) in [6.07, 6.45) is 1.67. The zero-order chi connectivity index (χ0) is 21.1. The minimum atomic E-state index is -0.540. The molecule has 0 aliphatic rings. The molecule has 1 aromatic heterocycles. The average Bonchev–Trinajstić information content (AvgIpc) is 2.72. The van der Waals surface area contributed by atoms with E-state index < -0.39 is 11.8 Å². The van der Waals surface area contributed by atoms with Crippen molar-refractivity contribution in [3.05, 3.63) is 95.6 Å². The molecule has 148 valence electrons. The van der Waals surface area contributed by atoms with Gasteiger partial charge in [-0.1, -0.05) is 18.2 Å². The number of nitrogens with zero attached hydrogens (tertiary/aromatic N) is 2. The Hall–Kier alpha value is -4.13. The van der Waals surface area contributed by atoms with Gasteiger partial charge in [0.05, 0.1) is 16.7 Å². The normalized spacial score (nSPS) is 10.6. The summed E-state index contributed by atoms with van der Waals surface area (Å²) in [7, 11) is 0. The molecule has 0 aliphatic heterocycles. The van der Waals surface area contributed by atoms with Gasteiger partial charge in [-0.15, -0.1) is 0 Å². The van der Waals surface area contributed by atoms with E-state index in [0.29, 0.717) is 33.5 Å². The first-order chi connectivity index (χ1) is 14.5. The molecule has 0 atom stereocenters. The number of anilines is 2. The van der Waals surface area contributed by atoms with Gasteiger partial charge in [-0.3, -0.25) is 9.78 Å². The number of carbonyl (C=O) groups excluding carboxylic acids is 2. The van der Waals surface area contributed by atoms with Crippen LogP contribution >= 0.6 is 0 Å². The van der Waals surface area contributed by atoms with Crippen molar-refractivity contribution >= 4 is 34.2 Å². The number of aromatic nitrogens is 2. The van der Waals surface area contributed by atoms with Crippen molar-refractivity contribution in [1.82, 2.24) is 9.97 Å².